The van der Waals surface area contributed by atoms with Crippen LogP contribution in [0.2, 0.25) is 0 Å². The van der Waals surface area contributed by atoms with Crippen molar-refractivity contribution in [3.63, 3.8) is 0 Å². The molecule has 0 saturated carbocycles. The third-order valence-electron chi connectivity index (χ3n) is 3.82. The van der Waals surface area contributed by atoms with Gasteiger partial charge < -0.3 is 9.47 Å². The first-order valence-corrected chi connectivity index (χ1v) is 7.76. The lowest BCUT2D eigenvalue weighted by Crippen LogP contribution is -2.17. The molecule has 1 amide bonds. The number of hydrogen-bond donors (Lipinski definition) is 1. The topological polar surface area (TPSA) is 59.9 Å². The molecule has 0 atom stereocenters. The summed E-state index contributed by atoms with van der Waals surface area (Å²) in [6.45, 7) is 0. The maximum Gasteiger partial charge on any atom is 0.271 e. The fourth-order valence-corrected chi connectivity index (χ4v) is 2.58. The number of hydrazone groups is 1. The zero-order chi connectivity index (χ0) is 17.6. The summed E-state index contributed by atoms with van der Waals surface area (Å²) >= 11 is 0. The minimum Gasteiger partial charge on any atom is -0.493 e. The van der Waals surface area contributed by atoms with E-state index in [-0.39, 0.29) is 5.91 Å². The predicted molar refractivity (Wildman–Crippen MR) is 98.6 cm³/mol. The van der Waals surface area contributed by atoms with Crippen LogP contribution in [0, 0.1) is 0 Å². The highest BCUT2D eigenvalue weighted by atomic mass is 16.5. The van der Waals surface area contributed by atoms with Crippen LogP contribution in [0.25, 0.3) is 10.8 Å². The number of benzene rings is 3. The van der Waals surface area contributed by atoms with E-state index in [1.807, 2.05) is 42.5 Å². The smallest absolute Gasteiger partial charge is 0.271 e. The molecule has 0 heterocycles. The molecule has 0 saturated heterocycles. The molecule has 25 heavy (non-hydrogen) atoms. The molecular weight excluding hydrogens is 316 g/mol. The lowest BCUT2D eigenvalue weighted by molar-refractivity contribution is 0.0957. The number of fused-ring (bicyclic) bond motifs is 1. The first-order valence-electron chi connectivity index (χ1n) is 7.76. The van der Waals surface area contributed by atoms with Gasteiger partial charge in [-0.1, -0.05) is 36.4 Å². The summed E-state index contributed by atoms with van der Waals surface area (Å²) < 4.78 is 10.4. The van der Waals surface area contributed by atoms with Crippen LogP contribution in [0.3, 0.4) is 0 Å². The molecule has 0 aliphatic rings. The van der Waals surface area contributed by atoms with Crippen LogP contribution >= 0.6 is 0 Å². The van der Waals surface area contributed by atoms with Crippen molar-refractivity contribution in [1.29, 1.82) is 0 Å². The highest BCUT2D eigenvalue weighted by Gasteiger charge is 2.08. The Balaban J connectivity index is 1.76. The molecule has 0 aromatic heterocycles. The summed E-state index contributed by atoms with van der Waals surface area (Å²) in [5.41, 5.74) is 3.94. The predicted octanol–water partition coefficient (Wildman–Crippen LogP) is 3.62. The molecule has 0 unspecified atom stereocenters. The Kier molecular flexibility index (Phi) is 4.95. The van der Waals surface area contributed by atoms with Crippen LogP contribution in [-0.2, 0) is 0 Å². The number of carbonyl (C=O) groups excluding carboxylic acids is 1. The lowest BCUT2D eigenvalue weighted by atomic mass is 10.0. The lowest BCUT2D eigenvalue weighted by Gasteiger charge is -2.07. The van der Waals surface area contributed by atoms with Gasteiger partial charge in [0.2, 0.25) is 0 Å². The second kappa shape index (κ2) is 7.49. The van der Waals surface area contributed by atoms with Crippen LogP contribution in [0.15, 0.2) is 65.8 Å². The number of nitrogens with zero attached hydrogens (tertiary/aromatic N) is 1. The second-order valence-electron chi connectivity index (χ2n) is 5.34. The average molecular weight is 334 g/mol. The molecule has 1 N–H and O–H groups in total. The fourth-order valence-electron chi connectivity index (χ4n) is 2.58. The van der Waals surface area contributed by atoms with Crippen LogP contribution in [0.1, 0.15) is 15.9 Å². The molecule has 5 nitrogen and oxygen atoms in total. The zero-order valence-corrected chi connectivity index (χ0v) is 14.0. The van der Waals surface area contributed by atoms with Gasteiger partial charge in [-0.05, 0) is 40.6 Å². The second-order valence-corrected chi connectivity index (χ2v) is 5.34. The Bertz CT molecular complexity index is 930. The van der Waals surface area contributed by atoms with E-state index in [1.165, 1.54) is 0 Å². The molecule has 3 rings (SSSR count). The summed E-state index contributed by atoms with van der Waals surface area (Å²) in [5.74, 6) is 0.986. The largest absolute Gasteiger partial charge is 0.493 e. The number of carbonyl (C=O) groups is 1. The zero-order valence-electron chi connectivity index (χ0n) is 14.0. The van der Waals surface area contributed by atoms with E-state index >= 15 is 0 Å². The fraction of sp³-hybridized carbons (Fsp3) is 0.100. The average Bonchev–Trinajstić information content (AvgIpc) is 2.67. The van der Waals surface area contributed by atoms with E-state index < -0.39 is 0 Å². The van der Waals surface area contributed by atoms with Crippen molar-refractivity contribution in [3.05, 3.63) is 71.8 Å². The highest BCUT2D eigenvalue weighted by molar-refractivity contribution is 6.07. The van der Waals surface area contributed by atoms with E-state index in [9.17, 15) is 4.79 Å². The Morgan fingerprint density at radius 1 is 0.960 bits per heavy atom. The minimum atomic E-state index is -0.256. The van der Waals surface area contributed by atoms with Crippen molar-refractivity contribution >= 4 is 22.9 Å². The van der Waals surface area contributed by atoms with Gasteiger partial charge in [-0.15, -0.1) is 0 Å². The van der Waals surface area contributed by atoms with E-state index in [0.29, 0.717) is 17.1 Å². The Morgan fingerprint density at radius 3 is 2.52 bits per heavy atom. The molecule has 0 aliphatic carbocycles. The Hall–Kier alpha value is -3.34. The molecule has 0 radical (unpaired) electrons. The van der Waals surface area contributed by atoms with Gasteiger partial charge in [0.1, 0.15) is 0 Å². The van der Waals surface area contributed by atoms with Gasteiger partial charge in [0.15, 0.2) is 11.5 Å². The molecule has 3 aromatic rings. The van der Waals surface area contributed by atoms with Crippen molar-refractivity contribution in [2.75, 3.05) is 14.2 Å². The third kappa shape index (κ3) is 3.61. The number of rotatable bonds is 5. The van der Waals surface area contributed by atoms with E-state index in [2.05, 4.69) is 10.5 Å². The van der Waals surface area contributed by atoms with E-state index in [1.54, 1.807) is 38.6 Å². The van der Waals surface area contributed by atoms with E-state index in [4.69, 9.17) is 9.47 Å². The van der Waals surface area contributed by atoms with Crippen LogP contribution in [0.5, 0.6) is 11.5 Å². The Labute approximate surface area is 145 Å². The molecule has 0 bridgehead atoms. The van der Waals surface area contributed by atoms with Gasteiger partial charge in [-0.25, -0.2) is 5.43 Å². The normalized spacial score (nSPS) is 10.8. The molecule has 0 aliphatic heterocycles. The highest BCUT2D eigenvalue weighted by Crippen LogP contribution is 2.26. The van der Waals surface area contributed by atoms with Crippen molar-refractivity contribution in [2.45, 2.75) is 0 Å². The maximum atomic E-state index is 12.4. The number of nitrogens with one attached hydrogen (secondary N) is 1. The summed E-state index contributed by atoms with van der Waals surface area (Å²) in [7, 11) is 3.15. The molecule has 0 fully saturated rings. The standard InChI is InChI=1S/C20H18N2O3/c1-24-18-11-10-14(12-19(18)25-2)13-21-22-20(23)17-9-5-7-15-6-3-4-8-16(15)17/h3-13H,1-2H3,(H,22,23)/b21-13-. The first kappa shape index (κ1) is 16.5. The first-order chi connectivity index (χ1) is 12.2. The Morgan fingerprint density at radius 2 is 1.72 bits per heavy atom. The van der Waals surface area contributed by atoms with Gasteiger partial charge >= 0.3 is 0 Å². The summed E-state index contributed by atoms with van der Waals surface area (Å²) in [6, 6.07) is 18.7. The monoisotopic (exact) mass is 334 g/mol. The van der Waals surface area contributed by atoms with Gasteiger partial charge in [0.25, 0.3) is 5.91 Å². The van der Waals surface area contributed by atoms with Crippen molar-refractivity contribution in [1.82, 2.24) is 5.43 Å². The van der Waals surface area contributed by atoms with Gasteiger partial charge in [-0.2, -0.15) is 5.10 Å². The summed E-state index contributed by atoms with van der Waals surface area (Å²) in [4.78, 5) is 12.4. The van der Waals surface area contributed by atoms with Crippen LogP contribution in [0.4, 0.5) is 0 Å². The molecular formula is C20H18N2O3. The SMILES string of the molecule is COc1ccc(/C=N\NC(=O)c2cccc3ccccc23)cc1OC. The molecule has 126 valence electrons. The van der Waals surface area contributed by atoms with Crippen molar-refractivity contribution in [3.8, 4) is 11.5 Å². The van der Waals surface area contributed by atoms with Gasteiger partial charge in [-0.3, -0.25) is 4.79 Å². The van der Waals surface area contributed by atoms with Gasteiger partial charge in [0, 0.05) is 5.56 Å². The number of amides is 1. The number of hydrogen-bond acceptors (Lipinski definition) is 4. The minimum absolute atomic E-state index is 0.256. The molecule has 0 spiro atoms. The van der Waals surface area contributed by atoms with Crippen molar-refractivity contribution < 1.29 is 14.3 Å². The van der Waals surface area contributed by atoms with Crippen LogP contribution < -0.4 is 14.9 Å². The van der Waals surface area contributed by atoms with Crippen molar-refractivity contribution in [2.24, 2.45) is 5.10 Å². The van der Waals surface area contributed by atoms with Gasteiger partial charge in [0.05, 0.1) is 20.4 Å². The number of methoxy groups -OCH3 is 2. The summed E-state index contributed by atoms with van der Waals surface area (Å²) in [6.07, 6.45) is 1.56. The van der Waals surface area contributed by atoms with Crippen LogP contribution in [-0.4, -0.2) is 26.3 Å². The van der Waals surface area contributed by atoms with E-state index in [0.717, 1.165) is 16.3 Å². The maximum absolute atomic E-state index is 12.4. The molecule has 3 aromatic carbocycles. The molecule has 5 heteroatoms. The third-order valence-corrected chi connectivity index (χ3v) is 3.82. The quantitative estimate of drug-likeness (QED) is 0.573. The summed E-state index contributed by atoms with van der Waals surface area (Å²) in [5, 5.41) is 5.94. The number of ether oxygens (including phenoxy) is 2.